The first-order chi connectivity index (χ1) is 8.06. The summed E-state index contributed by atoms with van der Waals surface area (Å²) in [5.74, 6) is -0.745. The number of aromatic nitrogens is 3. The Balaban J connectivity index is 2.04. The van der Waals surface area contributed by atoms with Gasteiger partial charge in [-0.1, -0.05) is 5.21 Å². The van der Waals surface area contributed by atoms with E-state index in [1.165, 1.54) is 10.9 Å². The van der Waals surface area contributed by atoms with Gasteiger partial charge in [0.25, 0.3) is 5.91 Å². The normalized spacial score (nSPS) is 19.6. The van der Waals surface area contributed by atoms with Crippen molar-refractivity contribution in [2.75, 3.05) is 13.1 Å². The monoisotopic (exact) mass is 238 g/mol. The summed E-state index contributed by atoms with van der Waals surface area (Å²) in [5, 5.41) is 7.37. The van der Waals surface area contributed by atoms with Crippen LogP contribution in [0.5, 0.6) is 0 Å². The number of likely N-dealkylation sites (tertiary alicyclic amines) is 1. The summed E-state index contributed by atoms with van der Waals surface area (Å²) < 4.78 is 1.24. The van der Waals surface area contributed by atoms with E-state index < -0.39 is 5.91 Å². The maximum Gasteiger partial charge on any atom is 0.276 e. The second-order valence-electron chi connectivity index (χ2n) is 4.07. The molecule has 0 aromatic carbocycles. The molecule has 2 heterocycles. The first-order valence-corrected chi connectivity index (χ1v) is 5.29. The number of amides is 2. The van der Waals surface area contributed by atoms with Crippen molar-refractivity contribution in [1.29, 1.82) is 0 Å². The molecule has 0 spiro atoms. The predicted molar refractivity (Wildman–Crippen MR) is 57.7 cm³/mol. The summed E-state index contributed by atoms with van der Waals surface area (Å²) in [4.78, 5) is 24.2. The van der Waals surface area contributed by atoms with E-state index in [2.05, 4.69) is 10.3 Å². The van der Waals surface area contributed by atoms with Crippen LogP contribution in [0.4, 0.5) is 0 Å². The lowest BCUT2D eigenvalue weighted by atomic mass is 10.3. The molecular formula is C9H14N6O2. The molecule has 4 N–H and O–H groups in total. The van der Waals surface area contributed by atoms with Crippen LogP contribution in [-0.2, 0) is 11.3 Å². The van der Waals surface area contributed by atoms with Crippen molar-refractivity contribution in [1.82, 2.24) is 19.9 Å². The third kappa shape index (κ3) is 2.59. The topological polar surface area (TPSA) is 120 Å². The summed E-state index contributed by atoms with van der Waals surface area (Å²) in [6.07, 6.45) is 2.21. The summed E-state index contributed by atoms with van der Waals surface area (Å²) in [6, 6.07) is 0.0274. The van der Waals surface area contributed by atoms with Crippen molar-refractivity contribution in [2.24, 2.45) is 11.5 Å². The van der Waals surface area contributed by atoms with Crippen molar-refractivity contribution in [2.45, 2.75) is 19.0 Å². The summed E-state index contributed by atoms with van der Waals surface area (Å²) >= 11 is 0. The molecule has 2 rings (SSSR count). The van der Waals surface area contributed by atoms with Gasteiger partial charge in [-0.3, -0.25) is 9.59 Å². The number of rotatable bonds is 3. The Bertz CT molecular complexity index is 442. The third-order valence-corrected chi connectivity index (χ3v) is 2.59. The molecule has 1 aromatic rings. The molecular weight excluding hydrogens is 224 g/mol. The third-order valence-electron chi connectivity index (χ3n) is 2.59. The van der Waals surface area contributed by atoms with Gasteiger partial charge in [-0.15, -0.1) is 5.10 Å². The Labute approximate surface area is 97.5 Å². The van der Waals surface area contributed by atoms with E-state index in [0.717, 1.165) is 6.42 Å². The van der Waals surface area contributed by atoms with Gasteiger partial charge < -0.3 is 16.4 Å². The van der Waals surface area contributed by atoms with E-state index >= 15 is 0 Å². The van der Waals surface area contributed by atoms with Crippen LogP contribution in [0.2, 0.25) is 0 Å². The molecule has 1 aliphatic heterocycles. The fraction of sp³-hybridized carbons (Fsp3) is 0.556. The lowest BCUT2D eigenvalue weighted by molar-refractivity contribution is -0.118. The fourth-order valence-corrected chi connectivity index (χ4v) is 1.77. The average molecular weight is 238 g/mol. The van der Waals surface area contributed by atoms with Crippen molar-refractivity contribution in [3.63, 3.8) is 0 Å². The van der Waals surface area contributed by atoms with Crippen LogP contribution in [0, 0.1) is 0 Å². The summed E-state index contributed by atoms with van der Waals surface area (Å²) in [5.41, 5.74) is 10.9. The minimum Gasteiger partial charge on any atom is -0.368 e. The molecule has 2 amide bonds. The van der Waals surface area contributed by atoms with Crippen molar-refractivity contribution in [3.8, 4) is 0 Å². The maximum atomic E-state index is 11.9. The lowest BCUT2D eigenvalue weighted by Crippen LogP contribution is -2.32. The lowest BCUT2D eigenvalue weighted by Gasteiger charge is -2.13. The Kier molecular flexibility index (Phi) is 3.05. The Morgan fingerprint density at radius 2 is 2.29 bits per heavy atom. The highest BCUT2D eigenvalue weighted by atomic mass is 16.2. The van der Waals surface area contributed by atoms with Crippen LogP contribution in [0.25, 0.3) is 0 Å². The maximum absolute atomic E-state index is 11.9. The van der Waals surface area contributed by atoms with Gasteiger partial charge in [0.1, 0.15) is 6.54 Å². The van der Waals surface area contributed by atoms with Gasteiger partial charge in [0.05, 0.1) is 6.20 Å². The zero-order valence-electron chi connectivity index (χ0n) is 9.24. The minimum absolute atomic E-state index is 0.0274. The van der Waals surface area contributed by atoms with Gasteiger partial charge >= 0.3 is 0 Å². The quantitative estimate of drug-likeness (QED) is 0.627. The first-order valence-electron chi connectivity index (χ1n) is 5.29. The van der Waals surface area contributed by atoms with E-state index in [1.807, 2.05) is 0 Å². The highest BCUT2D eigenvalue weighted by molar-refractivity contribution is 5.92. The minimum atomic E-state index is -0.530. The van der Waals surface area contributed by atoms with E-state index in [0.29, 0.717) is 13.1 Å². The van der Waals surface area contributed by atoms with Gasteiger partial charge in [-0.25, -0.2) is 4.68 Å². The molecule has 1 aromatic heterocycles. The molecule has 8 heteroatoms. The van der Waals surface area contributed by atoms with E-state index in [9.17, 15) is 9.59 Å². The molecule has 0 bridgehead atoms. The van der Waals surface area contributed by atoms with Crippen LogP contribution >= 0.6 is 0 Å². The van der Waals surface area contributed by atoms with Crippen molar-refractivity contribution in [3.05, 3.63) is 11.9 Å². The molecule has 92 valence electrons. The van der Waals surface area contributed by atoms with Gasteiger partial charge in [-0.2, -0.15) is 0 Å². The number of primary amides is 1. The molecule has 8 nitrogen and oxygen atoms in total. The van der Waals surface area contributed by atoms with Crippen LogP contribution in [-0.4, -0.2) is 50.8 Å². The van der Waals surface area contributed by atoms with Crippen LogP contribution in [0.3, 0.4) is 0 Å². The van der Waals surface area contributed by atoms with E-state index in [1.54, 1.807) is 4.90 Å². The van der Waals surface area contributed by atoms with Gasteiger partial charge in [0.2, 0.25) is 5.91 Å². The van der Waals surface area contributed by atoms with Crippen LogP contribution in [0.1, 0.15) is 16.9 Å². The largest absolute Gasteiger partial charge is 0.368 e. The molecule has 1 saturated heterocycles. The van der Waals surface area contributed by atoms with Crippen LogP contribution in [0.15, 0.2) is 6.20 Å². The molecule has 0 radical (unpaired) electrons. The zero-order valence-corrected chi connectivity index (χ0v) is 9.24. The number of carbonyl (C=O) groups excluding carboxylic acids is 2. The zero-order chi connectivity index (χ0) is 12.4. The molecule has 0 unspecified atom stereocenters. The Morgan fingerprint density at radius 3 is 2.88 bits per heavy atom. The smallest absolute Gasteiger partial charge is 0.276 e. The number of nitrogens with two attached hydrogens (primary N) is 2. The average Bonchev–Trinajstić information content (AvgIpc) is 2.85. The SMILES string of the molecule is NC(=O)Cn1cc(C(=O)N2CC[C@@H](N)C2)nn1. The number of hydrogen-bond donors (Lipinski definition) is 2. The molecule has 0 aliphatic carbocycles. The molecule has 1 fully saturated rings. The van der Waals surface area contributed by atoms with E-state index in [4.69, 9.17) is 11.5 Å². The summed E-state index contributed by atoms with van der Waals surface area (Å²) in [6.45, 7) is 1.07. The summed E-state index contributed by atoms with van der Waals surface area (Å²) in [7, 11) is 0. The molecule has 0 saturated carbocycles. The van der Waals surface area contributed by atoms with Crippen molar-refractivity contribution < 1.29 is 9.59 Å². The van der Waals surface area contributed by atoms with Gasteiger partial charge in [-0.05, 0) is 6.42 Å². The predicted octanol–water partition coefficient (Wildman–Crippen LogP) is -2.06. The molecule has 1 atom stereocenters. The Hall–Kier alpha value is -1.96. The second kappa shape index (κ2) is 4.50. The van der Waals surface area contributed by atoms with E-state index in [-0.39, 0.29) is 24.2 Å². The number of nitrogens with zero attached hydrogens (tertiary/aromatic N) is 4. The van der Waals surface area contributed by atoms with Crippen LogP contribution < -0.4 is 11.5 Å². The Morgan fingerprint density at radius 1 is 1.53 bits per heavy atom. The van der Waals surface area contributed by atoms with Crippen molar-refractivity contribution >= 4 is 11.8 Å². The number of carbonyl (C=O) groups is 2. The fourth-order valence-electron chi connectivity index (χ4n) is 1.77. The molecule has 17 heavy (non-hydrogen) atoms. The second-order valence-corrected chi connectivity index (χ2v) is 4.07. The highest BCUT2D eigenvalue weighted by Gasteiger charge is 2.26. The highest BCUT2D eigenvalue weighted by Crippen LogP contribution is 2.10. The van der Waals surface area contributed by atoms with Gasteiger partial charge in [0.15, 0.2) is 5.69 Å². The van der Waals surface area contributed by atoms with Gasteiger partial charge in [0, 0.05) is 19.1 Å². The first kappa shape index (κ1) is 11.5. The molecule has 1 aliphatic rings. The standard InChI is InChI=1S/C9H14N6O2/c10-6-1-2-14(3-6)9(17)7-4-15(13-12-7)5-8(11)16/h4,6H,1-3,5,10H2,(H2,11,16)/t6-/m1/s1. The number of hydrogen-bond acceptors (Lipinski definition) is 5.